The van der Waals surface area contributed by atoms with E-state index in [1.165, 1.54) is 0 Å². The van der Waals surface area contributed by atoms with Crippen LogP contribution in [-0.2, 0) is 6.54 Å². The van der Waals surface area contributed by atoms with Crippen LogP contribution in [0.2, 0.25) is 0 Å². The zero-order chi connectivity index (χ0) is 17.1. The minimum atomic E-state index is -0.538. The predicted octanol–water partition coefficient (Wildman–Crippen LogP) is 1.52. The molecule has 1 aromatic carbocycles. The second-order valence-corrected chi connectivity index (χ2v) is 6.50. The van der Waals surface area contributed by atoms with Gasteiger partial charge in [0.2, 0.25) is 6.79 Å². The molecule has 2 aliphatic rings. The van der Waals surface area contributed by atoms with Crippen LogP contribution >= 0.6 is 0 Å². The highest BCUT2D eigenvalue weighted by Gasteiger charge is 2.27. The molecule has 134 valence electrons. The van der Waals surface area contributed by atoms with Crippen LogP contribution in [0.3, 0.4) is 0 Å². The molecule has 25 heavy (non-hydrogen) atoms. The van der Waals surface area contributed by atoms with Crippen LogP contribution in [0.25, 0.3) is 0 Å². The lowest BCUT2D eigenvalue weighted by molar-refractivity contribution is 0.0609. The zero-order valence-corrected chi connectivity index (χ0v) is 14.1. The lowest BCUT2D eigenvalue weighted by Crippen LogP contribution is -2.40. The molecule has 1 saturated heterocycles. The fourth-order valence-corrected chi connectivity index (χ4v) is 3.45. The topological polar surface area (TPSA) is 69.0 Å². The maximum atomic E-state index is 10.4. The molecule has 2 atom stereocenters. The van der Waals surface area contributed by atoms with Gasteiger partial charge in [-0.25, -0.2) is 0 Å². The van der Waals surface area contributed by atoms with Gasteiger partial charge in [0, 0.05) is 31.0 Å². The molecule has 2 aromatic rings. The molecule has 0 bridgehead atoms. The third-order valence-electron chi connectivity index (χ3n) is 4.69. The summed E-state index contributed by atoms with van der Waals surface area (Å²) < 4.78 is 18.3. The van der Waals surface area contributed by atoms with Crippen molar-refractivity contribution < 1.29 is 19.3 Å². The van der Waals surface area contributed by atoms with Gasteiger partial charge in [0.15, 0.2) is 11.5 Å². The van der Waals surface area contributed by atoms with E-state index in [1.54, 1.807) is 12.3 Å². The number of aliphatic hydroxyl groups is 1. The fourth-order valence-electron chi connectivity index (χ4n) is 3.45. The molecule has 1 aromatic heterocycles. The Morgan fingerprint density at radius 2 is 2.24 bits per heavy atom. The predicted molar refractivity (Wildman–Crippen MR) is 90.9 cm³/mol. The van der Waals surface area contributed by atoms with Gasteiger partial charge >= 0.3 is 0 Å². The highest BCUT2D eigenvalue weighted by atomic mass is 16.7. The third kappa shape index (κ3) is 3.88. The molecule has 7 nitrogen and oxygen atoms in total. The molecule has 2 aliphatic heterocycles. The third-order valence-corrected chi connectivity index (χ3v) is 4.69. The van der Waals surface area contributed by atoms with E-state index in [0.717, 1.165) is 31.7 Å². The van der Waals surface area contributed by atoms with Crippen molar-refractivity contribution in [2.45, 2.75) is 31.5 Å². The van der Waals surface area contributed by atoms with Crippen LogP contribution in [-0.4, -0.2) is 58.4 Å². The summed E-state index contributed by atoms with van der Waals surface area (Å²) in [7, 11) is 0. The molecule has 4 rings (SSSR count). The van der Waals surface area contributed by atoms with Crippen molar-refractivity contribution in [2.24, 2.45) is 0 Å². The number of benzene rings is 1. The molecule has 0 saturated carbocycles. The second kappa shape index (κ2) is 7.33. The summed E-state index contributed by atoms with van der Waals surface area (Å²) >= 11 is 0. The Morgan fingerprint density at radius 1 is 1.32 bits per heavy atom. The van der Waals surface area contributed by atoms with E-state index in [1.807, 2.05) is 29.1 Å². The van der Waals surface area contributed by atoms with Crippen LogP contribution in [0, 0.1) is 0 Å². The standard InChI is InChI=1S/C18H23N3O4/c22-15(12-23-16-4-5-17-18(9-16)25-13-24-17)11-20-7-1-3-14(20)10-21-8-2-6-19-21/h2,4-6,8-9,14-15,22H,1,3,7,10-13H2/t14-,15-/m0/s1. The number of rotatable bonds is 7. The van der Waals surface area contributed by atoms with Crippen LogP contribution in [0.4, 0.5) is 0 Å². The second-order valence-electron chi connectivity index (χ2n) is 6.50. The number of nitrogens with zero attached hydrogens (tertiary/aromatic N) is 3. The smallest absolute Gasteiger partial charge is 0.231 e. The first-order chi connectivity index (χ1) is 12.3. The number of β-amino-alcohol motifs (C(OH)–C–C–N with tert-alkyl or cyclic N) is 1. The summed E-state index contributed by atoms with van der Waals surface area (Å²) in [6.07, 6.45) is 5.53. The van der Waals surface area contributed by atoms with Crippen molar-refractivity contribution in [3.8, 4) is 17.2 Å². The maximum Gasteiger partial charge on any atom is 0.231 e. The van der Waals surface area contributed by atoms with Crippen molar-refractivity contribution >= 4 is 0 Å². The van der Waals surface area contributed by atoms with E-state index < -0.39 is 6.10 Å². The molecule has 0 radical (unpaired) electrons. The number of hydrogen-bond donors (Lipinski definition) is 1. The number of ether oxygens (including phenoxy) is 3. The summed E-state index contributed by atoms with van der Waals surface area (Å²) in [5, 5.41) is 14.6. The number of hydrogen-bond acceptors (Lipinski definition) is 6. The van der Waals surface area contributed by atoms with Gasteiger partial charge in [-0.15, -0.1) is 0 Å². The number of fused-ring (bicyclic) bond motifs is 1. The molecular formula is C18H23N3O4. The monoisotopic (exact) mass is 345 g/mol. The van der Waals surface area contributed by atoms with Gasteiger partial charge in [-0.1, -0.05) is 0 Å². The van der Waals surface area contributed by atoms with Gasteiger partial charge in [-0.05, 0) is 37.6 Å². The van der Waals surface area contributed by atoms with Crippen molar-refractivity contribution in [2.75, 3.05) is 26.5 Å². The molecule has 0 aliphatic carbocycles. The fraction of sp³-hybridized carbons (Fsp3) is 0.500. The van der Waals surface area contributed by atoms with Gasteiger partial charge in [-0.3, -0.25) is 9.58 Å². The lowest BCUT2D eigenvalue weighted by Gasteiger charge is -2.26. The van der Waals surface area contributed by atoms with E-state index >= 15 is 0 Å². The molecule has 0 amide bonds. The first-order valence-corrected chi connectivity index (χ1v) is 8.70. The van der Waals surface area contributed by atoms with Gasteiger partial charge in [0.25, 0.3) is 0 Å². The zero-order valence-electron chi connectivity index (χ0n) is 14.1. The Labute approximate surface area is 146 Å². The molecule has 3 heterocycles. The van der Waals surface area contributed by atoms with Gasteiger partial charge in [0.1, 0.15) is 18.5 Å². The number of likely N-dealkylation sites (tertiary alicyclic amines) is 1. The first-order valence-electron chi connectivity index (χ1n) is 8.70. The number of aromatic nitrogens is 2. The van der Waals surface area contributed by atoms with Crippen molar-refractivity contribution in [1.82, 2.24) is 14.7 Å². The highest BCUT2D eigenvalue weighted by Crippen LogP contribution is 2.35. The lowest BCUT2D eigenvalue weighted by atomic mass is 10.2. The minimum absolute atomic E-state index is 0.244. The quantitative estimate of drug-likeness (QED) is 0.820. The summed E-state index contributed by atoms with van der Waals surface area (Å²) in [5.41, 5.74) is 0. The highest BCUT2D eigenvalue weighted by molar-refractivity contribution is 5.46. The minimum Gasteiger partial charge on any atom is -0.491 e. The Bertz CT molecular complexity index is 692. The molecule has 1 fully saturated rings. The normalized spacial score (nSPS) is 20.8. The molecular weight excluding hydrogens is 322 g/mol. The average molecular weight is 345 g/mol. The van der Waals surface area contributed by atoms with Crippen LogP contribution < -0.4 is 14.2 Å². The largest absolute Gasteiger partial charge is 0.491 e. The Morgan fingerprint density at radius 3 is 3.12 bits per heavy atom. The van der Waals surface area contributed by atoms with Crippen molar-refractivity contribution in [3.63, 3.8) is 0 Å². The first kappa shape index (κ1) is 16.2. The van der Waals surface area contributed by atoms with E-state index in [0.29, 0.717) is 24.1 Å². The van der Waals surface area contributed by atoms with Gasteiger partial charge in [0.05, 0.1) is 6.54 Å². The van der Waals surface area contributed by atoms with E-state index in [-0.39, 0.29) is 13.4 Å². The van der Waals surface area contributed by atoms with Crippen LogP contribution in [0.5, 0.6) is 17.2 Å². The van der Waals surface area contributed by atoms with Crippen molar-refractivity contribution in [3.05, 3.63) is 36.7 Å². The summed E-state index contributed by atoms with van der Waals surface area (Å²) in [5.74, 6) is 2.09. The molecule has 0 spiro atoms. The van der Waals surface area contributed by atoms with Gasteiger partial charge < -0.3 is 19.3 Å². The van der Waals surface area contributed by atoms with E-state index in [2.05, 4.69) is 10.00 Å². The summed E-state index contributed by atoms with van der Waals surface area (Å²) in [6.45, 7) is 2.98. The van der Waals surface area contributed by atoms with E-state index in [9.17, 15) is 5.11 Å². The van der Waals surface area contributed by atoms with E-state index in [4.69, 9.17) is 14.2 Å². The average Bonchev–Trinajstić information content (AvgIpc) is 3.35. The maximum absolute atomic E-state index is 10.4. The SMILES string of the molecule is O[C@H](COc1ccc2c(c1)OCO2)CN1CCC[C@H]1Cn1cccn1. The summed E-state index contributed by atoms with van der Waals surface area (Å²) in [6, 6.07) is 7.81. The number of aliphatic hydroxyl groups excluding tert-OH is 1. The summed E-state index contributed by atoms with van der Waals surface area (Å²) in [4.78, 5) is 2.33. The Kier molecular flexibility index (Phi) is 4.76. The molecule has 0 unspecified atom stereocenters. The van der Waals surface area contributed by atoms with Gasteiger partial charge in [-0.2, -0.15) is 5.10 Å². The Balaban J connectivity index is 1.27. The van der Waals surface area contributed by atoms with Crippen LogP contribution in [0.1, 0.15) is 12.8 Å². The van der Waals surface area contributed by atoms with Crippen LogP contribution in [0.15, 0.2) is 36.7 Å². The molecule has 7 heteroatoms. The van der Waals surface area contributed by atoms with Crippen molar-refractivity contribution in [1.29, 1.82) is 0 Å². The Hall–Kier alpha value is -2.25. The molecule has 1 N–H and O–H groups in total.